The van der Waals surface area contributed by atoms with Crippen molar-refractivity contribution in [3.8, 4) is 5.75 Å². The molecule has 1 heterocycles. The van der Waals surface area contributed by atoms with E-state index >= 15 is 0 Å². The second-order valence-corrected chi connectivity index (χ2v) is 7.80. The molecule has 126 valence electrons. The zero-order valence-corrected chi connectivity index (χ0v) is 14.9. The Bertz CT molecular complexity index is 605. The molecule has 1 atom stereocenters. The molecule has 1 aromatic carbocycles. The van der Waals surface area contributed by atoms with Crippen molar-refractivity contribution in [2.75, 3.05) is 13.1 Å². The third-order valence-corrected chi connectivity index (χ3v) is 5.43. The molecule has 0 bridgehead atoms. The fourth-order valence-corrected chi connectivity index (χ4v) is 4.13. The third-order valence-electron chi connectivity index (χ3n) is 3.57. The minimum atomic E-state index is -3.46. The Labute approximate surface area is 139 Å². The summed E-state index contributed by atoms with van der Waals surface area (Å²) in [6.07, 6.45) is 1.76. The van der Waals surface area contributed by atoms with Crippen molar-refractivity contribution in [1.29, 1.82) is 0 Å². The number of sulfonamides is 1. The molecule has 1 saturated heterocycles. The maximum atomic E-state index is 12.6. The van der Waals surface area contributed by atoms with E-state index in [9.17, 15) is 8.42 Å². The molecule has 7 heteroatoms. The largest absolute Gasteiger partial charge is 0.491 e. The molecule has 1 fully saturated rings. The van der Waals surface area contributed by atoms with Gasteiger partial charge in [0.1, 0.15) is 5.75 Å². The fourth-order valence-electron chi connectivity index (χ4n) is 2.51. The van der Waals surface area contributed by atoms with E-state index in [-0.39, 0.29) is 24.6 Å². The van der Waals surface area contributed by atoms with Crippen LogP contribution < -0.4 is 10.5 Å². The van der Waals surface area contributed by atoms with Crippen LogP contribution in [0.2, 0.25) is 0 Å². The van der Waals surface area contributed by atoms with Gasteiger partial charge in [0, 0.05) is 19.1 Å². The summed E-state index contributed by atoms with van der Waals surface area (Å²) in [5.41, 5.74) is 6.71. The Morgan fingerprint density at radius 2 is 2.05 bits per heavy atom. The van der Waals surface area contributed by atoms with Gasteiger partial charge < -0.3 is 10.5 Å². The predicted molar refractivity (Wildman–Crippen MR) is 90.2 cm³/mol. The van der Waals surface area contributed by atoms with Crippen molar-refractivity contribution in [2.24, 2.45) is 5.73 Å². The van der Waals surface area contributed by atoms with Crippen molar-refractivity contribution in [3.63, 3.8) is 0 Å². The first-order valence-electron chi connectivity index (χ1n) is 7.33. The molecule has 1 unspecified atom stereocenters. The molecule has 5 nitrogen and oxygen atoms in total. The number of hydrogen-bond donors (Lipinski definition) is 1. The molecule has 1 aliphatic heterocycles. The first kappa shape index (κ1) is 19.2. The highest BCUT2D eigenvalue weighted by molar-refractivity contribution is 7.89. The first-order chi connectivity index (χ1) is 9.80. The lowest BCUT2D eigenvalue weighted by molar-refractivity contribution is 0.240. The van der Waals surface area contributed by atoms with E-state index in [4.69, 9.17) is 10.5 Å². The average Bonchev–Trinajstić information content (AvgIpc) is 2.40. The van der Waals surface area contributed by atoms with Crippen LogP contribution in [-0.2, 0) is 10.0 Å². The molecule has 0 amide bonds. The second kappa shape index (κ2) is 7.64. The summed E-state index contributed by atoms with van der Waals surface area (Å²) in [4.78, 5) is 0.310. The van der Waals surface area contributed by atoms with Crippen LogP contribution in [-0.4, -0.2) is 38.0 Å². The molecule has 22 heavy (non-hydrogen) atoms. The van der Waals surface area contributed by atoms with Gasteiger partial charge >= 0.3 is 0 Å². The van der Waals surface area contributed by atoms with Crippen molar-refractivity contribution in [2.45, 2.75) is 50.7 Å². The number of hydrogen-bond acceptors (Lipinski definition) is 4. The lowest BCUT2D eigenvalue weighted by Gasteiger charge is -2.30. The lowest BCUT2D eigenvalue weighted by atomic mass is 10.1. The molecular weight excluding hydrogens is 324 g/mol. The topological polar surface area (TPSA) is 72.6 Å². The van der Waals surface area contributed by atoms with Crippen LogP contribution in [0.15, 0.2) is 23.1 Å². The maximum Gasteiger partial charge on any atom is 0.243 e. The smallest absolute Gasteiger partial charge is 0.243 e. The molecular formula is C15H25ClN2O3S. The summed E-state index contributed by atoms with van der Waals surface area (Å²) in [6, 6.07) is 4.94. The zero-order valence-electron chi connectivity index (χ0n) is 13.3. The molecule has 0 radical (unpaired) electrons. The van der Waals surface area contributed by atoms with E-state index < -0.39 is 10.0 Å². The maximum absolute atomic E-state index is 12.6. The average molecular weight is 349 g/mol. The molecule has 0 aliphatic carbocycles. The molecule has 1 aliphatic rings. The number of ether oxygens (including phenoxy) is 1. The summed E-state index contributed by atoms with van der Waals surface area (Å²) in [5.74, 6) is 0.722. The lowest BCUT2D eigenvalue weighted by Crippen LogP contribution is -2.45. The number of rotatable bonds is 4. The molecule has 1 aromatic rings. The van der Waals surface area contributed by atoms with E-state index in [2.05, 4.69) is 0 Å². The van der Waals surface area contributed by atoms with Gasteiger partial charge in [-0.05, 0) is 57.4 Å². The SMILES string of the molecule is Cc1cc(S(=O)(=O)N2CCCC(N)C2)ccc1OC(C)C.Cl. The highest BCUT2D eigenvalue weighted by Crippen LogP contribution is 2.26. The quantitative estimate of drug-likeness (QED) is 0.906. The van der Waals surface area contributed by atoms with Crippen molar-refractivity contribution >= 4 is 22.4 Å². The van der Waals surface area contributed by atoms with Gasteiger partial charge in [-0.3, -0.25) is 0 Å². The summed E-state index contributed by atoms with van der Waals surface area (Å²) >= 11 is 0. The van der Waals surface area contributed by atoms with Gasteiger partial charge in [-0.2, -0.15) is 4.31 Å². The standard InChI is InChI=1S/C15H24N2O3S.ClH/c1-11(2)20-15-7-6-14(9-12(15)3)21(18,19)17-8-4-5-13(16)10-17;/h6-7,9,11,13H,4-5,8,10,16H2,1-3H3;1H. The van der Waals surface area contributed by atoms with E-state index in [1.54, 1.807) is 18.2 Å². The second-order valence-electron chi connectivity index (χ2n) is 5.86. The minimum absolute atomic E-state index is 0. The van der Waals surface area contributed by atoms with Gasteiger partial charge in [-0.1, -0.05) is 0 Å². The van der Waals surface area contributed by atoms with Crippen LogP contribution >= 0.6 is 12.4 Å². The molecule has 0 aromatic heterocycles. The number of nitrogens with zero attached hydrogens (tertiary/aromatic N) is 1. The van der Waals surface area contributed by atoms with Crippen molar-refractivity contribution in [1.82, 2.24) is 4.31 Å². The van der Waals surface area contributed by atoms with Crippen LogP contribution in [0.4, 0.5) is 0 Å². The normalized spacial score (nSPS) is 19.8. The molecule has 0 saturated carbocycles. The fraction of sp³-hybridized carbons (Fsp3) is 0.600. The number of benzene rings is 1. The summed E-state index contributed by atoms with van der Waals surface area (Å²) < 4.78 is 32.4. The van der Waals surface area contributed by atoms with E-state index in [1.165, 1.54) is 4.31 Å². The van der Waals surface area contributed by atoms with Gasteiger partial charge in [0.25, 0.3) is 0 Å². The van der Waals surface area contributed by atoms with E-state index in [0.29, 0.717) is 18.0 Å². The summed E-state index contributed by atoms with van der Waals surface area (Å²) in [5, 5.41) is 0. The Balaban J connectivity index is 0.00000242. The van der Waals surface area contributed by atoms with Crippen LogP contribution in [0.25, 0.3) is 0 Å². The van der Waals surface area contributed by atoms with E-state index in [1.807, 2.05) is 20.8 Å². The van der Waals surface area contributed by atoms with E-state index in [0.717, 1.165) is 24.2 Å². The van der Waals surface area contributed by atoms with Crippen LogP contribution in [0.3, 0.4) is 0 Å². The highest BCUT2D eigenvalue weighted by Gasteiger charge is 2.29. The third kappa shape index (κ3) is 4.35. The van der Waals surface area contributed by atoms with Gasteiger partial charge in [-0.25, -0.2) is 8.42 Å². The number of aryl methyl sites for hydroxylation is 1. The van der Waals surface area contributed by atoms with Gasteiger partial charge in [0.15, 0.2) is 0 Å². The molecule has 0 spiro atoms. The summed E-state index contributed by atoms with van der Waals surface area (Å²) in [7, 11) is -3.46. The molecule has 2 N–H and O–H groups in total. The Hall–Kier alpha value is -0.820. The number of nitrogens with two attached hydrogens (primary N) is 1. The number of piperidine rings is 1. The monoisotopic (exact) mass is 348 g/mol. The van der Waals surface area contributed by atoms with Gasteiger partial charge in [0.2, 0.25) is 10.0 Å². The van der Waals surface area contributed by atoms with Crippen LogP contribution in [0.1, 0.15) is 32.3 Å². The zero-order chi connectivity index (χ0) is 15.6. The van der Waals surface area contributed by atoms with Crippen molar-refractivity contribution < 1.29 is 13.2 Å². The Morgan fingerprint density at radius 3 is 2.59 bits per heavy atom. The highest BCUT2D eigenvalue weighted by atomic mass is 35.5. The molecule has 2 rings (SSSR count). The first-order valence-corrected chi connectivity index (χ1v) is 8.77. The minimum Gasteiger partial charge on any atom is -0.491 e. The predicted octanol–water partition coefficient (Wildman–Crippen LogP) is 2.32. The van der Waals surface area contributed by atoms with Gasteiger partial charge in [-0.15, -0.1) is 12.4 Å². The van der Waals surface area contributed by atoms with Crippen molar-refractivity contribution in [3.05, 3.63) is 23.8 Å². The Morgan fingerprint density at radius 1 is 1.36 bits per heavy atom. The summed E-state index contributed by atoms with van der Waals surface area (Å²) in [6.45, 7) is 6.68. The van der Waals surface area contributed by atoms with Crippen LogP contribution in [0, 0.1) is 6.92 Å². The number of halogens is 1. The van der Waals surface area contributed by atoms with Crippen LogP contribution in [0.5, 0.6) is 5.75 Å². The Kier molecular flexibility index (Phi) is 6.67. The van der Waals surface area contributed by atoms with Gasteiger partial charge in [0.05, 0.1) is 11.0 Å².